The molecule has 1 fully saturated rings. The molecular formula is C24H26N4O4S. The Labute approximate surface area is 193 Å². The molecule has 0 saturated carbocycles. The zero-order valence-electron chi connectivity index (χ0n) is 18.5. The van der Waals surface area contributed by atoms with Crippen molar-refractivity contribution in [3.05, 3.63) is 83.2 Å². The number of nitrogens with one attached hydrogen (secondary N) is 2. The molecule has 2 N–H and O–H groups in total. The number of sulfonamides is 1. The van der Waals surface area contributed by atoms with Gasteiger partial charge in [-0.15, -0.1) is 0 Å². The maximum Gasteiger partial charge on any atom is 0.269 e. The Kier molecular flexibility index (Phi) is 6.35. The SMILES string of the molecule is Cc1ccc(C)n1-c1ccc(C(=O)NNC(=O)c2ccc(S(=O)(=O)N3CCCC3)cc2)cc1. The summed E-state index contributed by atoms with van der Waals surface area (Å²) in [6, 6.07) is 16.8. The molecule has 2 heterocycles. The number of carbonyl (C=O) groups is 2. The third-order valence-electron chi connectivity index (χ3n) is 5.77. The summed E-state index contributed by atoms with van der Waals surface area (Å²) >= 11 is 0. The van der Waals surface area contributed by atoms with Crippen LogP contribution in [0.2, 0.25) is 0 Å². The molecule has 4 rings (SSSR count). The molecule has 2 amide bonds. The van der Waals surface area contributed by atoms with Crippen LogP contribution in [-0.2, 0) is 10.0 Å². The molecule has 9 heteroatoms. The standard InChI is InChI=1S/C24H26N4O4S/c1-17-5-6-18(2)28(17)21-11-7-19(8-12-21)23(29)25-26-24(30)20-9-13-22(14-10-20)33(31,32)27-15-3-4-16-27/h5-14H,3-4,15-16H2,1-2H3,(H,25,29)(H,26,30). The molecular weight excluding hydrogens is 440 g/mol. The minimum Gasteiger partial charge on any atom is -0.319 e. The summed E-state index contributed by atoms with van der Waals surface area (Å²) in [6.45, 7) is 5.06. The molecule has 1 saturated heterocycles. The van der Waals surface area contributed by atoms with E-state index in [0.29, 0.717) is 18.7 Å². The van der Waals surface area contributed by atoms with Crippen molar-refractivity contribution in [1.29, 1.82) is 0 Å². The van der Waals surface area contributed by atoms with E-state index in [0.717, 1.165) is 29.9 Å². The van der Waals surface area contributed by atoms with Crippen LogP contribution in [-0.4, -0.2) is 42.2 Å². The molecule has 0 unspecified atom stereocenters. The highest BCUT2D eigenvalue weighted by atomic mass is 32.2. The summed E-state index contributed by atoms with van der Waals surface area (Å²) in [5.74, 6) is -0.993. The van der Waals surface area contributed by atoms with Gasteiger partial charge in [0.05, 0.1) is 4.90 Å². The zero-order chi connectivity index (χ0) is 23.6. The lowest BCUT2D eigenvalue weighted by Crippen LogP contribution is -2.41. The number of nitrogens with zero attached hydrogens (tertiary/aromatic N) is 2. The van der Waals surface area contributed by atoms with Gasteiger partial charge in [-0.05, 0) is 87.4 Å². The van der Waals surface area contributed by atoms with Crippen LogP contribution in [0, 0.1) is 13.8 Å². The number of aryl methyl sites for hydroxylation is 2. The average Bonchev–Trinajstić information content (AvgIpc) is 3.48. The monoisotopic (exact) mass is 466 g/mol. The van der Waals surface area contributed by atoms with Crippen molar-refractivity contribution in [3.8, 4) is 5.69 Å². The van der Waals surface area contributed by atoms with Gasteiger partial charge in [0.25, 0.3) is 11.8 Å². The van der Waals surface area contributed by atoms with Gasteiger partial charge in [0, 0.05) is 41.3 Å². The lowest BCUT2D eigenvalue weighted by Gasteiger charge is -2.15. The first-order valence-electron chi connectivity index (χ1n) is 10.7. The van der Waals surface area contributed by atoms with Gasteiger partial charge < -0.3 is 4.57 Å². The predicted molar refractivity (Wildman–Crippen MR) is 125 cm³/mol. The second-order valence-corrected chi connectivity index (χ2v) is 9.98. The van der Waals surface area contributed by atoms with E-state index in [4.69, 9.17) is 0 Å². The highest BCUT2D eigenvalue weighted by Gasteiger charge is 2.27. The van der Waals surface area contributed by atoms with Crippen molar-refractivity contribution in [2.75, 3.05) is 13.1 Å². The largest absolute Gasteiger partial charge is 0.319 e. The number of carbonyl (C=O) groups excluding carboxylic acids is 2. The molecule has 1 aliphatic rings. The molecule has 8 nitrogen and oxygen atoms in total. The van der Waals surface area contributed by atoms with Crippen LogP contribution in [0.15, 0.2) is 65.6 Å². The number of aromatic nitrogens is 1. The number of amides is 2. The first kappa shape index (κ1) is 22.8. The zero-order valence-corrected chi connectivity index (χ0v) is 19.4. The highest BCUT2D eigenvalue weighted by molar-refractivity contribution is 7.89. The van der Waals surface area contributed by atoms with E-state index in [9.17, 15) is 18.0 Å². The van der Waals surface area contributed by atoms with E-state index in [1.54, 1.807) is 12.1 Å². The van der Waals surface area contributed by atoms with E-state index >= 15 is 0 Å². The van der Waals surface area contributed by atoms with Gasteiger partial charge in [-0.25, -0.2) is 8.42 Å². The molecule has 2 aromatic carbocycles. The lowest BCUT2D eigenvalue weighted by molar-refractivity contribution is 0.0846. The maximum absolute atomic E-state index is 12.6. The summed E-state index contributed by atoms with van der Waals surface area (Å²) in [5.41, 5.74) is 8.53. The van der Waals surface area contributed by atoms with Gasteiger partial charge in [0.2, 0.25) is 10.0 Å². The van der Waals surface area contributed by atoms with Crippen LogP contribution < -0.4 is 10.9 Å². The molecule has 0 bridgehead atoms. The van der Waals surface area contributed by atoms with Crippen molar-refractivity contribution in [2.45, 2.75) is 31.6 Å². The Morgan fingerprint density at radius 2 is 1.18 bits per heavy atom. The third kappa shape index (κ3) is 4.69. The minimum atomic E-state index is -3.54. The Balaban J connectivity index is 1.37. The number of rotatable bonds is 5. The van der Waals surface area contributed by atoms with Gasteiger partial charge in [-0.2, -0.15) is 4.31 Å². The summed E-state index contributed by atoms with van der Waals surface area (Å²) < 4.78 is 28.7. The van der Waals surface area contributed by atoms with Crippen molar-refractivity contribution in [2.24, 2.45) is 0 Å². The van der Waals surface area contributed by atoms with Crippen LogP contribution in [0.25, 0.3) is 5.69 Å². The van der Waals surface area contributed by atoms with Crippen LogP contribution in [0.1, 0.15) is 44.9 Å². The van der Waals surface area contributed by atoms with Crippen LogP contribution in [0.4, 0.5) is 0 Å². The molecule has 0 aliphatic carbocycles. The van der Waals surface area contributed by atoms with Crippen molar-refractivity contribution < 1.29 is 18.0 Å². The third-order valence-corrected chi connectivity index (χ3v) is 7.68. The van der Waals surface area contributed by atoms with Gasteiger partial charge in [0.15, 0.2) is 0 Å². The minimum absolute atomic E-state index is 0.151. The van der Waals surface area contributed by atoms with Crippen molar-refractivity contribution in [3.63, 3.8) is 0 Å². The van der Waals surface area contributed by atoms with E-state index in [2.05, 4.69) is 15.4 Å². The summed E-state index contributed by atoms with van der Waals surface area (Å²) in [4.78, 5) is 25.0. The Morgan fingerprint density at radius 1 is 0.727 bits per heavy atom. The molecule has 1 aliphatic heterocycles. The molecule has 0 spiro atoms. The molecule has 33 heavy (non-hydrogen) atoms. The molecule has 1 aromatic heterocycles. The van der Waals surface area contributed by atoms with Gasteiger partial charge in [-0.3, -0.25) is 20.4 Å². The van der Waals surface area contributed by atoms with Gasteiger partial charge in [0.1, 0.15) is 0 Å². The fourth-order valence-electron chi connectivity index (χ4n) is 3.95. The second kappa shape index (κ2) is 9.21. The molecule has 3 aromatic rings. The Hall–Kier alpha value is -3.43. The number of hydrazine groups is 1. The summed E-state index contributed by atoms with van der Waals surface area (Å²) in [7, 11) is -3.54. The number of hydrogen-bond donors (Lipinski definition) is 2. The Morgan fingerprint density at radius 3 is 1.67 bits per heavy atom. The van der Waals surface area contributed by atoms with Gasteiger partial charge in [-0.1, -0.05) is 0 Å². The normalized spacial score (nSPS) is 14.2. The second-order valence-electron chi connectivity index (χ2n) is 8.04. The fraction of sp³-hybridized carbons (Fsp3) is 0.250. The molecule has 0 atom stereocenters. The van der Waals surface area contributed by atoms with Gasteiger partial charge >= 0.3 is 0 Å². The number of benzene rings is 2. The van der Waals surface area contributed by atoms with Crippen LogP contribution >= 0.6 is 0 Å². The van der Waals surface area contributed by atoms with E-state index in [-0.39, 0.29) is 10.5 Å². The smallest absolute Gasteiger partial charge is 0.269 e. The van der Waals surface area contributed by atoms with E-state index < -0.39 is 21.8 Å². The van der Waals surface area contributed by atoms with Crippen molar-refractivity contribution >= 4 is 21.8 Å². The fourth-order valence-corrected chi connectivity index (χ4v) is 5.47. The number of hydrogen-bond acceptors (Lipinski definition) is 4. The average molecular weight is 467 g/mol. The summed E-state index contributed by atoms with van der Waals surface area (Å²) in [6.07, 6.45) is 1.71. The van der Waals surface area contributed by atoms with Crippen LogP contribution in [0.3, 0.4) is 0 Å². The molecule has 172 valence electrons. The predicted octanol–water partition coefficient (Wildman–Crippen LogP) is 2.95. The molecule has 0 radical (unpaired) electrons. The van der Waals surface area contributed by atoms with E-state index in [1.165, 1.54) is 28.6 Å². The first-order chi connectivity index (χ1) is 15.8. The highest BCUT2D eigenvalue weighted by Crippen LogP contribution is 2.21. The quantitative estimate of drug-likeness (QED) is 0.565. The first-order valence-corrected chi connectivity index (χ1v) is 12.2. The summed E-state index contributed by atoms with van der Waals surface area (Å²) in [5, 5.41) is 0. The van der Waals surface area contributed by atoms with E-state index in [1.807, 2.05) is 38.1 Å². The maximum atomic E-state index is 12.6. The van der Waals surface area contributed by atoms with Crippen LogP contribution in [0.5, 0.6) is 0 Å². The topological polar surface area (TPSA) is 101 Å². The van der Waals surface area contributed by atoms with Crippen molar-refractivity contribution in [1.82, 2.24) is 19.7 Å². The Bertz CT molecular complexity index is 1250. The lowest BCUT2D eigenvalue weighted by atomic mass is 10.2.